The molecule has 11 heteroatoms. The predicted octanol–water partition coefficient (Wildman–Crippen LogP) is 0.934. The van der Waals surface area contributed by atoms with Crippen molar-refractivity contribution in [1.82, 2.24) is 24.4 Å². The van der Waals surface area contributed by atoms with Gasteiger partial charge in [0, 0.05) is 25.7 Å². The van der Waals surface area contributed by atoms with Gasteiger partial charge in [0.1, 0.15) is 12.7 Å². The number of rotatable bonds is 6. The second-order valence-electron chi connectivity index (χ2n) is 4.98. The van der Waals surface area contributed by atoms with Crippen LogP contribution in [0, 0.1) is 0 Å². The molecule has 0 atom stereocenters. The lowest BCUT2D eigenvalue weighted by atomic mass is 10.2. The van der Waals surface area contributed by atoms with Crippen LogP contribution < -0.4 is 10.6 Å². The van der Waals surface area contributed by atoms with Crippen molar-refractivity contribution in [3.8, 4) is 5.69 Å². The van der Waals surface area contributed by atoms with E-state index in [0.29, 0.717) is 16.4 Å². The summed E-state index contributed by atoms with van der Waals surface area (Å²) in [6.45, 7) is -0.0223. The van der Waals surface area contributed by atoms with Gasteiger partial charge in [-0.3, -0.25) is 0 Å². The van der Waals surface area contributed by atoms with Crippen molar-refractivity contribution in [3.05, 3.63) is 35.9 Å². The Balaban J connectivity index is 2.03. The van der Waals surface area contributed by atoms with Crippen molar-refractivity contribution < 1.29 is 13.2 Å². The zero-order chi connectivity index (χ0) is 17.7. The minimum atomic E-state index is -3.37. The van der Waals surface area contributed by atoms with Crippen LogP contribution in [-0.4, -0.2) is 59.9 Å². The number of hydrogen-bond acceptors (Lipinski definition) is 5. The van der Waals surface area contributed by atoms with Gasteiger partial charge in [0.05, 0.1) is 17.1 Å². The minimum absolute atomic E-state index is 0.0223. The third-order valence-electron chi connectivity index (χ3n) is 3.07. The van der Waals surface area contributed by atoms with E-state index in [9.17, 15) is 13.2 Å². The van der Waals surface area contributed by atoms with Gasteiger partial charge in [-0.1, -0.05) is 11.6 Å². The number of carbonyl (C=O) groups is 1. The maximum Gasteiger partial charge on any atom is 0.319 e. The molecule has 24 heavy (non-hydrogen) atoms. The van der Waals surface area contributed by atoms with E-state index >= 15 is 0 Å². The Bertz CT molecular complexity index is 807. The van der Waals surface area contributed by atoms with E-state index < -0.39 is 16.1 Å². The van der Waals surface area contributed by atoms with Crippen molar-refractivity contribution in [1.29, 1.82) is 0 Å². The first-order chi connectivity index (χ1) is 11.3. The van der Waals surface area contributed by atoms with Gasteiger partial charge in [-0.05, 0) is 18.2 Å². The van der Waals surface area contributed by atoms with E-state index in [1.165, 1.54) is 31.4 Å². The molecule has 130 valence electrons. The van der Waals surface area contributed by atoms with Gasteiger partial charge in [0.25, 0.3) is 0 Å². The standard InChI is InChI=1S/C13H17ClN6O3S/c1-19(2)24(22,23)6-5-16-13(21)18-11-7-10(14)3-4-12(11)20-9-15-8-17-20/h3-4,7-9H,5-6H2,1-2H3,(H2,16,18,21). The molecule has 0 saturated heterocycles. The highest BCUT2D eigenvalue weighted by Gasteiger charge is 2.14. The largest absolute Gasteiger partial charge is 0.337 e. The lowest BCUT2D eigenvalue weighted by Crippen LogP contribution is -2.36. The van der Waals surface area contributed by atoms with E-state index in [1.54, 1.807) is 18.2 Å². The summed E-state index contributed by atoms with van der Waals surface area (Å²) in [5.74, 6) is -0.196. The van der Waals surface area contributed by atoms with Gasteiger partial charge in [0.2, 0.25) is 10.0 Å². The summed E-state index contributed by atoms with van der Waals surface area (Å²) in [4.78, 5) is 15.8. The lowest BCUT2D eigenvalue weighted by molar-refractivity contribution is 0.252. The van der Waals surface area contributed by atoms with Gasteiger partial charge >= 0.3 is 6.03 Å². The first-order valence-electron chi connectivity index (χ1n) is 6.89. The van der Waals surface area contributed by atoms with Gasteiger partial charge < -0.3 is 10.6 Å². The fourth-order valence-corrected chi connectivity index (χ4v) is 2.68. The van der Waals surface area contributed by atoms with E-state index in [0.717, 1.165) is 4.31 Å². The SMILES string of the molecule is CN(C)S(=O)(=O)CCNC(=O)Nc1cc(Cl)ccc1-n1cncn1. The maximum atomic E-state index is 12.0. The number of carbonyl (C=O) groups excluding carboxylic acids is 1. The van der Waals surface area contributed by atoms with Crippen molar-refractivity contribution >= 4 is 33.3 Å². The Morgan fingerprint density at radius 1 is 1.38 bits per heavy atom. The molecule has 0 fully saturated rings. The molecule has 0 unspecified atom stereocenters. The first kappa shape index (κ1) is 18.2. The summed E-state index contributed by atoms with van der Waals surface area (Å²) in [5, 5.41) is 9.55. The van der Waals surface area contributed by atoms with E-state index in [-0.39, 0.29) is 12.3 Å². The Morgan fingerprint density at radius 3 is 2.75 bits per heavy atom. The van der Waals surface area contributed by atoms with Crippen LogP contribution in [0.3, 0.4) is 0 Å². The van der Waals surface area contributed by atoms with E-state index in [1.807, 2.05) is 0 Å². The van der Waals surface area contributed by atoms with Gasteiger partial charge in [0.15, 0.2) is 0 Å². The Kier molecular flexibility index (Phi) is 5.75. The number of aromatic nitrogens is 3. The van der Waals surface area contributed by atoms with Gasteiger partial charge in [-0.2, -0.15) is 5.10 Å². The zero-order valence-corrected chi connectivity index (χ0v) is 14.7. The fourth-order valence-electron chi connectivity index (χ4n) is 1.78. The van der Waals surface area contributed by atoms with Crippen LogP contribution in [0.25, 0.3) is 5.69 Å². The van der Waals surface area contributed by atoms with Crippen molar-refractivity contribution in [2.75, 3.05) is 31.7 Å². The molecule has 0 aliphatic carbocycles. The molecule has 1 aromatic heterocycles. The fraction of sp³-hybridized carbons (Fsp3) is 0.308. The zero-order valence-electron chi connectivity index (χ0n) is 13.1. The highest BCUT2D eigenvalue weighted by molar-refractivity contribution is 7.89. The minimum Gasteiger partial charge on any atom is -0.337 e. The summed E-state index contributed by atoms with van der Waals surface area (Å²) in [6, 6.07) is 4.36. The van der Waals surface area contributed by atoms with E-state index in [2.05, 4.69) is 20.7 Å². The van der Waals surface area contributed by atoms with Crippen molar-refractivity contribution in [2.24, 2.45) is 0 Å². The molecule has 0 bridgehead atoms. The van der Waals surface area contributed by atoms with Crippen LogP contribution in [0.5, 0.6) is 0 Å². The number of halogens is 1. The molecule has 0 aliphatic rings. The maximum absolute atomic E-state index is 12.0. The Hall–Kier alpha value is -2.17. The highest BCUT2D eigenvalue weighted by Crippen LogP contribution is 2.23. The smallest absolute Gasteiger partial charge is 0.319 e. The summed E-state index contributed by atoms with van der Waals surface area (Å²) >= 11 is 5.96. The quantitative estimate of drug-likeness (QED) is 0.784. The second kappa shape index (κ2) is 7.60. The molecule has 2 aromatic rings. The highest BCUT2D eigenvalue weighted by atomic mass is 35.5. The number of nitrogens with zero attached hydrogens (tertiary/aromatic N) is 4. The van der Waals surface area contributed by atoms with Gasteiger partial charge in [-0.25, -0.2) is 27.2 Å². The molecule has 2 amide bonds. The molecule has 1 heterocycles. The summed E-state index contributed by atoms with van der Waals surface area (Å²) in [5.41, 5.74) is 0.994. The molecule has 2 N–H and O–H groups in total. The first-order valence-corrected chi connectivity index (χ1v) is 8.88. The summed E-state index contributed by atoms with van der Waals surface area (Å²) in [6.07, 6.45) is 2.85. The molecule has 0 saturated carbocycles. The van der Waals surface area contributed by atoms with Crippen molar-refractivity contribution in [3.63, 3.8) is 0 Å². The third kappa shape index (κ3) is 4.66. The van der Waals surface area contributed by atoms with Crippen molar-refractivity contribution in [2.45, 2.75) is 0 Å². The van der Waals surface area contributed by atoms with Crippen LogP contribution in [0.15, 0.2) is 30.9 Å². The molecule has 0 spiro atoms. The Labute approximate surface area is 144 Å². The molecular formula is C13H17ClN6O3S. The van der Waals surface area contributed by atoms with Crippen LogP contribution in [-0.2, 0) is 10.0 Å². The number of hydrogen-bond donors (Lipinski definition) is 2. The monoisotopic (exact) mass is 372 g/mol. The lowest BCUT2D eigenvalue weighted by Gasteiger charge is -2.13. The van der Waals surface area contributed by atoms with Gasteiger partial charge in [-0.15, -0.1) is 0 Å². The average Bonchev–Trinajstić information content (AvgIpc) is 3.01. The number of sulfonamides is 1. The molecule has 1 aromatic carbocycles. The third-order valence-corrected chi connectivity index (χ3v) is 5.14. The van der Waals surface area contributed by atoms with Crippen LogP contribution in [0.2, 0.25) is 5.02 Å². The second-order valence-corrected chi connectivity index (χ2v) is 7.72. The Morgan fingerprint density at radius 2 is 2.12 bits per heavy atom. The number of urea groups is 1. The molecule has 0 radical (unpaired) electrons. The van der Waals surface area contributed by atoms with Crippen LogP contribution in [0.1, 0.15) is 0 Å². The van der Waals surface area contributed by atoms with Crippen LogP contribution in [0.4, 0.5) is 10.5 Å². The molecular weight excluding hydrogens is 356 g/mol. The number of nitrogens with one attached hydrogen (secondary N) is 2. The number of amides is 2. The normalized spacial score (nSPS) is 11.5. The number of benzene rings is 1. The average molecular weight is 373 g/mol. The topological polar surface area (TPSA) is 109 Å². The predicted molar refractivity (Wildman–Crippen MR) is 90.9 cm³/mol. The summed E-state index contributed by atoms with van der Waals surface area (Å²) < 4.78 is 25.9. The molecule has 9 nitrogen and oxygen atoms in total. The number of anilines is 1. The molecule has 2 rings (SSSR count). The molecule has 0 aliphatic heterocycles. The van der Waals surface area contributed by atoms with E-state index in [4.69, 9.17) is 11.6 Å². The summed E-state index contributed by atoms with van der Waals surface area (Å²) in [7, 11) is -0.497. The van der Waals surface area contributed by atoms with Crippen LogP contribution >= 0.6 is 11.6 Å².